The Morgan fingerprint density at radius 1 is 1.12 bits per heavy atom. The van der Waals surface area contributed by atoms with Crippen LogP contribution in [0.3, 0.4) is 0 Å². The molecule has 1 saturated heterocycles. The zero-order chi connectivity index (χ0) is 17.4. The standard InChI is InChI=1S/C16H16F2N6O/c17-11-3-4-13(12(18)9-11)24-15-14(20-21-24)16(25)23(10-19-15)8-7-22-5-1-2-6-22/h3-4,9-10H,1-2,5-8H2. The Kier molecular flexibility index (Phi) is 4.00. The van der Waals surface area contributed by atoms with E-state index in [4.69, 9.17) is 0 Å². The summed E-state index contributed by atoms with van der Waals surface area (Å²) in [5.41, 5.74) is -0.121. The zero-order valence-electron chi connectivity index (χ0n) is 13.4. The van der Waals surface area contributed by atoms with E-state index in [9.17, 15) is 13.6 Å². The summed E-state index contributed by atoms with van der Waals surface area (Å²) < 4.78 is 29.6. The molecule has 0 amide bonds. The molecular weight excluding hydrogens is 330 g/mol. The van der Waals surface area contributed by atoms with Gasteiger partial charge in [0.1, 0.15) is 17.8 Å². The summed E-state index contributed by atoms with van der Waals surface area (Å²) in [6.07, 6.45) is 3.79. The molecule has 0 spiro atoms. The second-order valence-corrected chi connectivity index (χ2v) is 6.06. The van der Waals surface area contributed by atoms with Crippen LogP contribution in [0.2, 0.25) is 0 Å². The van der Waals surface area contributed by atoms with Gasteiger partial charge in [0.2, 0.25) is 0 Å². The maximum absolute atomic E-state index is 14.0. The lowest BCUT2D eigenvalue weighted by Crippen LogP contribution is -2.29. The fourth-order valence-corrected chi connectivity index (χ4v) is 3.07. The third kappa shape index (κ3) is 2.91. The van der Waals surface area contributed by atoms with Crippen molar-refractivity contribution in [2.24, 2.45) is 0 Å². The third-order valence-corrected chi connectivity index (χ3v) is 4.42. The Morgan fingerprint density at radius 3 is 2.68 bits per heavy atom. The molecular formula is C16H16F2N6O. The molecule has 0 saturated carbocycles. The fraction of sp³-hybridized carbons (Fsp3) is 0.375. The molecule has 4 rings (SSSR count). The van der Waals surface area contributed by atoms with Crippen LogP contribution in [-0.4, -0.2) is 49.1 Å². The van der Waals surface area contributed by atoms with E-state index in [0.29, 0.717) is 6.54 Å². The van der Waals surface area contributed by atoms with E-state index < -0.39 is 11.6 Å². The van der Waals surface area contributed by atoms with Crippen LogP contribution in [0.15, 0.2) is 29.3 Å². The van der Waals surface area contributed by atoms with Gasteiger partial charge in [-0.15, -0.1) is 5.10 Å². The number of rotatable bonds is 4. The maximum Gasteiger partial charge on any atom is 0.283 e. The largest absolute Gasteiger partial charge is 0.302 e. The van der Waals surface area contributed by atoms with Gasteiger partial charge in [0.05, 0.1) is 0 Å². The van der Waals surface area contributed by atoms with Gasteiger partial charge in [0.25, 0.3) is 5.56 Å². The van der Waals surface area contributed by atoms with Gasteiger partial charge >= 0.3 is 0 Å². The SMILES string of the molecule is O=c1c2nnn(-c3ccc(F)cc3F)c2ncn1CCN1CCCC1. The van der Waals surface area contributed by atoms with Crippen molar-refractivity contribution in [3.05, 3.63) is 46.5 Å². The van der Waals surface area contributed by atoms with Crippen molar-refractivity contribution in [3.63, 3.8) is 0 Å². The van der Waals surface area contributed by atoms with Crippen LogP contribution in [-0.2, 0) is 6.54 Å². The molecule has 3 heterocycles. The summed E-state index contributed by atoms with van der Waals surface area (Å²) in [6, 6.07) is 3.10. The Labute approximate surface area is 141 Å². The van der Waals surface area contributed by atoms with E-state index in [2.05, 4.69) is 20.2 Å². The molecule has 0 N–H and O–H groups in total. The number of fused-ring (bicyclic) bond motifs is 1. The predicted molar refractivity (Wildman–Crippen MR) is 86.5 cm³/mol. The van der Waals surface area contributed by atoms with Crippen LogP contribution in [0.4, 0.5) is 8.78 Å². The first-order valence-corrected chi connectivity index (χ1v) is 8.12. The summed E-state index contributed by atoms with van der Waals surface area (Å²) in [6.45, 7) is 3.38. The van der Waals surface area contributed by atoms with E-state index in [1.54, 1.807) is 0 Å². The van der Waals surface area contributed by atoms with Crippen molar-refractivity contribution < 1.29 is 8.78 Å². The molecule has 1 aromatic carbocycles. The van der Waals surface area contributed by atoms with Gasteiger partial charge in [-0.2, -0.15) is 4.68 Å². The highest BCUT2D eigenvalue weighted by atomic mass is 19.1. The number of nitrogens with zero attached hydrogens (tertiary/aromatic N) is 6. The normalized spacial score (nSPS) is 15.3. The van der Waals surface area contributed by atoms with Crippen LogP contribution in [0.1, 0.15) is 12.8 Å². The van der Waals surface area contributed by atoms with Gasteiger partial charge in [0, 0.05) is 19.2 Å². The first-order chi connectivity index (χ1) is 12.1. The molecule has 130 valence electrons. The molecule has 0 radical (unpaired) electrons. The summed E-state index contributed by atoms with van der Waals surface area (Å²) >= 11 is 0. The summed E-state index contributed by atoms with van der Waals surface area (Å²) in [7, 11) is 0. The first kappa shape index (κ1) is 15.8. The highest BCUT2D eigenvalue weighted by Gasteiger charge is 2.17. The summed E-state index contributed by atoms with van der Waals surface area (Å²) in [5.74, 6) is -1.49. The quantitative estimate of drug-likeness (QED) is 0.713. The molecule has 1 aliphatic rings. The average molecular weight is 346 g/mol. The molecule has 0 atom stereocenters. The molecule has 1 fully saturated rings. The van der Waals surface area contributed by atoms with E-state index in [-0.39, 0.29) is 22.4 Å². The minimum atomic E-state index is -0.799. The Bertz CT molecular complexity index is 976. The van der Waals surface area contributed by atoms with Gasteiger partial charge < -0.3 is 4.90 Å². The molecule has 7 nitrogen and oxygen atoms in total. The maximum atomic E-state index is 14.0. The molecule has 0 aliphatic carbocycles. The Hall–Kier alpha value is -2.68. The molecule has 25 heavy (non-hydrogen) atoms. The van der Waals surface area contributed by atoms with Crippen molar-refractivity contribution in [1.82, 2.24) is 29.4 Å². The summed E-state index contributed by atoms with van der Waals surface area (Å²) in [4.78, 5) is 19.1. The fourth-order valence-electron chi connectivity index (χ4n) is 3.07. The first-order valence-electron chi connectivity index (χ1n) is 8.12. The highest BCUT2D eigenvalue weighted by Crippen LogP contribution is 2.16. The number of benzene rings is 1. The van der Waals surface area contributed by atoms with Gasteiger partial charge in [-0.3, -0.25) is 9.36 Å². The smallest absolute Gasteiger partial charge is 0.283 e. The zero-order valence-corrected chi connectivity index (χ0v) is 13.4. The van der Waals surface area contributed by atoms with E-state index in [1.165, 1.54) is 29.8 Å². The monoisotopic (exact) mass is 346 g/mol. The predicted octanol–water partition coefficient (Wildman–Crippen LogP) is 1.35. The van der Waals surface area contributed by atoms with Crippen LogP contribution >= 0.6 is 0 Å². The molecule has 1 aliphatic heterocycles. The lowest BCUT2D eigenvalue weighted by molar-refractivity contribution is 0.320. The molecule has 0 unspecified atom stereocenters. The topological polar surface area (TPSA) is 68.8 Å². The third-order valence-electron chi connectivity index (χ3n) is 4.42. The lowest BCUT2D eigenvalue weighted by Gasteiger charge is -2.14. The van der Waals surface area contributed by atoms with E-state index in [1.807, 2.05) is 0 Å². The van der Waals surface area contributed by atoms with Gasteiger partial charge in [0.15, 0.2) is 17.0 Å². The molecule has 2 aromatic heterocycles. The van der Waals surface area contributed by atoms with Crippen molar-refractivity contribution in [3.8, 4) is 5.69 Å². The molecule has 9 heteroatoms. The van der Waals surface area contributed by atoms with Crippen molar-refractivity contribution in [2.75, 3.05) is 19.6 Å². The Balaban J connectivity index is 1.68. The number of halogens is 2. The molecule has 3 aromatic rings. The number of hydrogen-bond donors (Lipinski definition) is 0. The number of likely N-dealkylation sites (tertiary alicyclic amines) is 1. The summed E-state index contributed by atoms with van der Waals surface area (Å²) in [5, 5.41) is 7.66. The Morgan fingerprint density at radius 2 is 1.92 bits per heavy atom. The second kappa shape index (κ2) is 6.32. The van der Waals surface area contributed by atoms with Crippen molar-refractivity contribution in [2.45, 2.75) is 19.4 Å². The molecule has 0 bridgehead atoms. The number of hydrogen-bond acceptors (Lipinski definition) is 5. The minimum Gasteiger partial charge on any atom is -0.302 e. The van der Waals surface area contributed by atoms with E-state index >= 15 is 0 Å². The highest BCUT2D eigenvalue weighted by molar-refractivity contribution is 5.70. The van der Waals surface area contributed by atoms with Gasteiger partial charge in [-0.05, 0) is 38.1 Å². The van der Waals surface area contributed by atoms with Crippen LogP contribution in [0, 0.1) is 11.6 Å². The minimum absolute atomic E-state index is 0.00869. The van der Waals surface area contributed by atoms with Gasteiger partial charge in [-0.1, -0.05) is 5.21 Å². The lowest BCUT2D eigenvalue weighted by atomic mass is 10.3. The van der Waals surface area contributed by atoms with Crippen LogP contribution in [0.25, 0.3) is 16.9 Å². The van der Waals surface area contributed by atoms with Gasteiger partial charge in [-0.25, -0.2) is 13.8 Å². The van der Waals surface area contributed by atoms with E-state index in [0.717, 1.165) is 36.4 Å². The van der Waals surface area contributed by atoms with Crippen LogP contribution < -0.4 is 5.56 Å². The second-order valence-electron chi connectivity index (χ2n) is 6.06. The number of aromatic nitrogens is 5. The average Bonchev–Trinajstić information content (AvgIpc) is 3.24. The van der Waals surface area contributed by atoms with Crippen LogP contribution in [0.5, 0.6) is 0 Å². The van der Waals surface area contributed by atoms with Crippen molar-refractivity contribution in [1.29, 1.82) is 0 Å². The van der Waals surface area contributed by atoms with Crippen molar-refractivity contribution >= 4 is 11.2 Å².